The van der Waals surface area contributed by atoms with Gasteiger partial charge in [-0.3, -0.25) is 0 Å². The molecule has 0 saturated heterocycles. The van der Waals surface area contributed by atoms with E-state index in [4.69, 9.17) is 0 Å². The van der Waals surface area contributed by atoms with E-state index < -0.39 is 18.6 Å². The molecule has 0 aliphatic carbocycles. The van der Waals surface area contributed by atoms with Crippen LogP contribution in [-0.2, 0) is 0 Å². The Hall–Kier alpha value is -2.06. The summed E-state index contributed by atoms with van der Waals surface area (Å²) in [6, 6.07) is -0.800. The maximum absolute atomic E-state index is 12.3. The Bertz CT molecular complexity index is 564. The van der Waals surface area contributed by atoms with Crippen LogP contribution in [0.2, 0.25) is 0 Å². The number of halogens is 3. The second-order valence-electron chi connectivity index (χ2n) is 4.11. The van der Waals surface area contributed by atoms with Crippen molar-refractivity contribution in [1.29, 1.82) is 0 Å². The van der Waals surface area contributed by atoms with Crippen molar-refractivity contribution in [3.63, 3.8) is 0 Å². The van der Waals surface area contributed by atoms with Gasteiger partial charge in [0.25, 0.3) is 0 Å². The number of nitrogens with zero attached hydrogens (tertiary/aromatic N) is 3. The van der Waals surface area contributed by atoms with Gasteiger partial charge in [-0.15, -0.1) is 0 Å². The van der Waals surface area contributed by atoms with E-state index in [0.717, 1.165) is 0 Å². The molecule has 104 valence electrons. The van der Waals surface area contributed by atoms with Crippen molar-refractivity contribution < 1.29 is 13.2 Å². The number of hydrogen-bond acceptors (Lipinski definition) is 5. The number of anilines is 2. The predicted octanol–water partition coefficient (Wildman–Crippen LogP) is 2.15. The average molecular weight is 274 g/mol. The monoisotopic (exact) mass is 274 g/mol. The van der Waals surface area contributed by atoms with Crippen LogP contribution in [0.3, 0.4) is 0 Å². The van der Waals surface area contributed by atoms with E-state index in [-0.39, 0.29) is 0 Å². The number of imidazole rings is 1. The van der Waals surface area contributed by atoms with Gasteiger partial charge < -0.3 is 15.6 Å². The number of aromatic nitrogens is 4. The minimum Gasteiger partial charge on any atom is -0.365 e. The van der Waals surface area contributed by atoms with E-state index in [0.29, 0.717) is 22.9 Å². The Morgan fingerprint density at radius 1 is 1.37 bits per heavy atom. The molecule has 9 heteroatoms. The molecule has 19 heavy (non-hydrogen) atoms. The van der Waals surface area contributed by atoms with Crippen molar-refractivity contribution >= 4 is 22.9 Å². The zero-order valence-electron chi connectivity index (χ0n) is 10.3. The lowest BCUT2D eigenvalue weighted by Gasteiger charge is -2.16. The van der Waals surface area contributed by atoms with Crippen LogP contribution in [0.1, 0.15) is 13.3 Å². The fraction of sp³-hybridized carbons (Fsp3) is 0.500. The summed E-state index contributed by atoms with van der Waals surface area (Å²) in [7, 11) is 1.62. The molecular weight excluding hydrogens is 261 g/mol. The Morgan fingerprint density at radius 2 is 2.11 bits per heavy atom. The quantitative estimate of drug-likeness (QED) is 0.796. The zero-order valence-corrected chi connectivity index (χ0v) is 10.3. The van der Waals surface area contributed by atoms with Crippen LogP contribution in [0, 0.1) is 0 Å². The third kappa shape index (κ3) is 3.24. The molecule has 2 heterocycles. The van der Waals surface area contributed by atoms with Gasteiger partial charge in [-0.2, -0.15) is 23.1 Å². The van der Waals surface area contributed by atoms with Crippen LogP contribution in [0.15, 0.2) is 6.33 Å². The fourth-order valence-corrected chi connectivity index (χ4v) is 1.68. The Balaban J connectivity index is 2.26. The van der Waals surface area contributed by atoms with Crippen LogP contribution < -0.4 is 10.6 Å². The van der Waals surface area contributed by atoms with E-state index >= 15 is 0 Å². The molecule has 3 N–H and O–H groups in total. The molecule has 0 saturated carbocycles. The van der Waals surface area contributed by atoms with Gasteiger partial charge in [0.2, 0.25) is 5.95 Å². The number of alkyl halides is 3. The first-order chi connectivity index (χ1) is 8.89. The number of fused-ring (bicyclic) bond motifs is 1. The van der Waals surface area contributed by atoms with Crippen LogP contribution in [0.4, 0.5) is 24.9 Å². The van der Waals surface area contributed by atoms with E-state index in [1.54, 1.807) is 7.05 Å². The highest BCUT2D eigenvalue weighted by Crippen LogP contribution is 2.25. The standard InChI is InChI=1S/C10H13F3N6/c1-5(3-10(11,12)13)17-8-6-7(16-4-15-6)18-9(14-2)19-8/h4-5H,3H2,1-2H3,(H3,14,15,16,17,18,19). The molecule has 0 aromatic carbocycles. The molecule has 0 spiro atoms. The molecule has 6 nitrogen and oxygen atoms in total. The highest BCUT2D eigenvalue weighted by atomic mass is 19.4. The number of aromatic amines is 1. The molecule has 0 fully saturated rings. The first kappa shape index (κ1) is 13.4. The van der Waals surface area contributed by atoms with Crippen molar-refractivity contribution in [3.05, 3.63) is 6.33 Å². The summed E-state index contributed by atoms with van der Waals surface area (Å²) in [6.07, 6.45) is -3.75. The number of H-pyrrole nitrogens is 1. The average Bonchev–Trinajstić information content (AvgIpc) is 2.74. The van der Waals surface area contributed by atoms with E-state index in [1.165, 1.54) is 13.3 Å². The third-order valence-corrected chi connectivity index (χ3v) is 2.43. The van der Waals surface area contributed by atoms with Gasteiger partial charge in [-0.1, -0.05) is 0 Å². The molecule has 2 aromatic heterocycles. The summed E-state index contributed by atoms with van der Waals surface area (Å²) in [5.41, 5.74) is 0.870. The summed E-state index contributed by atoms with van der Waals surface area (Å²) < 4.78 is 36.9. The Kier molecular flexibility index (Phi) is 3.45. The highest BCUT2D eigenvalue weighted by Gasteiger charge is 2.30. The molecule has 0 bridgehead atoms. The van der Waals surface area contributed by atoms with Gasteiger partial charge in [-0.25, -0.2) is 4.98 Å². The number of hydrogen-bond donors (Lipinski definition) is 3. The molecular formula is C10H13F3N6. The summed E-state index contributed by atoms with van der Waals surface area (Å²) in [5, 5.41) is 5.45. The Labute approximate surface area is 106 Å². The van der Waals surface area contributed by atoms with Gasteiger partial charge in [0.05, 0.1) is 12.7 Å². The number of nitrogens with one attached hydrogen (secondary N) is 3. The topological polar surface area (TPSA) is 78.5 Å². The molecule has 1 unspecified atom stereocenters. The van der Waals surface area contributed by atoms with Crippen LogP contribution in [-0.4, -0.2) is 39.2 Å². The summed E-state index contributed by atoms with van der Waals surface area (Å²) in [6.45, 7) is 1.44. The highest BCUT2D eigenvalue weighted by molar-refractivity contribution is 5.83. The van der Waals surface area contributed by atoms with Gasteiger partial charge in [-0.05, 0) is 6.92 Å². The van der Waals surface area contributed by atoms with Gasteiger partial charge in [0.1, 0.15) is 5.52 Å². The molecule has 0 aliphatic heterocycles. The van der Waals surface area contributed by atoms with Gasteiger partial charge in [0.15, 0.2) is 11.5 Å². The van der Waals surface area contributed by atoms with Crippen molar-refractivity contribution in [2.45, 2.75) is 25.6 Å². The molecule has 2 aromatic rings. The SMILES string of the molecule is CNc1nc(NC(C)CC(F)(F)F)c2[nH]cnc2n1. The molecule has 0 radical (unpaired) electrons. The summed E-state index contributed by atoms with van der Waals surface area (Å²) in [5.74, 6) is 0.588. The molecule has 0 aliphatic rings. The van der Waals surface area contributed by atoms with Crippen molar-refractivity contribution in [1.82, 2.24) is 19.9 Å². The second-order valence-corrected chi connectivity index (χ2v) is 4.11. The summed E-state index contributed by atoms with van der Waals surface area (Å²) in [4.78, 5) is 14.9. The first-order valence-electron chi connectivity index (χ1n) is 5.61. The van der Waals surface area contributed by atoms with Crippen LogP contribution in [0.5, 0.6) is 0 Å². The molecule has 0 amide bonds. The van der Waals surface area contributed by atoms with E-state index in [9.17, 15) is 13.2 Å². The van der Waals surface area contributed by atoms with E-state index in [1.807, 2.05) is 0 Å². The van der Waals surface area contributed by atoms with Gasteiger partial charge >= 0.3 is 6.18 Å². The minimum atomic E-state index is -4.22. The zero-order chi connectivity index (χ0) is 14.0. The van der Waals surface area contributed by atoms with Crippen LogP contribution >= 0.6 is 0 Å². The smallest absolute Gasteiger partial charge is 0.365 e. The van der Waals surface area contributed by atoms with Crippen molar-refractivity contribution in [2.75, 3.05) is 17.7 Å². The Morgan fingerprint density at radius 3 is 2.74 bits per heavy atom. The minimum absolute atomic E-state index is 0.293. The lowest BCUT2D eigenvalue weighted by atomic mass is 10.2. The normalized spacial score (nSPS) is 13.5. The lowest BCUT2D eigenvalue weighted by Crippen LogP contribution is -2.24. The van der Waals surface area contributed by atoms with Crippen molar-refractivity contribution in [3.8, 4) is 0 Å². The van der Waals surface area contributed by atoms with Gasteiger partial charge in [0, 0.05) is 13.1 Å². The largest absolute Gasteiger partial charge is 0.391 e. The maximum Gasteiger partial charge on any atom is 0.391 e. The van der Waals surface area contributed by atoms with E-state index in [2.05, 4.69) is 30.6 Å². The molecule has 1 atom stereocenters. The van der Waals surface area contributed by atoms with Crippen LogP contribution in [0.25, 0.3) is 11.2 Å². The third-order valence-electron chi connectivity index (χ3n) is 2.43. The van der Waals surface area contributed by atoms with Crippen molar-refractivity contribution in [2.24, 2.45) is 0 Å². The lowest BCUT2D eigenvalue weighted by molar-refractivity contribution is -0.136. The molecule has 2 rings (SSSR count). The predicted molar refractivity (Wildman–Crippen MR) is 65.0 cm³/mol. The number of rotatable bonds is 4. The second kappa shape index (κ2) is 4.90. The first-order valence-corrected chi connectivity index (χ1v) is 5.61. The summed E-state index contributed by atoms with van der Waals surface area (Å²) >= 11 is 0. The fourth-order valence-electron chi connectivity index (χ4n) is 1.68. The maximum atomic E-state index is 12.3.